The number of hydrogen-bond acceptors (Lipinski definition) is 8. The second-order valence-corrected chi connectivity index (χ2v) is 11.9. The van der Waals surface area contributed by atoms with Crippen LogP contribution >= 0.6 is 11.6 Å². The highest BCUT2D eigenvalue weighted by Crippen LogP contribution is 2.38. The highest BCUT2D eigenvalue weighted by atomic mass is 35.5. The topological polar surface area (TPSA) is 80.5 Å². The Bertz CT molecular complexity index is 1510. The van der Waals surface area contributed by atoms with Crippen LogP contribution in [0.2, 0.25) is 5.02 Å². The van der Waals surface area contributed by atoms with Crippen LogP contribution in [0.25, 0.3) is 10.8 Å². The van der Waals surface area contributed by atoms with Crippen molar-refractivity contribution in [3.8, 4) is 12.1 Å². The van der Waals surface area contributed by atoms with Gasteiger partial charge in [-0.05, 0) is 62.4 Å². The summed E-state index contributed by atoms with van der Waals surface area (Å²) in [5.41, 5.74) is 4.56. The van der Waals surface area contributed by atoms with E-state index >= 15 is 0 Å². The zero-order valence-electron chi connectivity index (χ0n) is 22.8. The van der Waals surface area contributed by atoms with E-state index in [9.17, 15) is 5.26 Å². The fraction of sp³-hybridized carbons (Fsp3) is 0.452. The molecule has 3 fully saturated rings. The molecule has 3 aromatic rings. The molecule has 1 aromatic heterocycles. The Morgan fingerprint density at radius 1 is 1.15 bits per heavy atom. The van der Waals surface area contributed by atoms with Crippen molar-refractivity contribution in [2.24, 2.45) is 0 Å². The van der Waals surface area contributed by atoms with Crippen molar-refractivity contribution in [1.82, 2.24) is 20.2 Å². The molecule has 0 radical (unpaired) electrons. The molecule has 7 rings (SSSR count). The molecule has 0 spiro atoms. The molecule has 9 heteroatoms. The first-order valence-electron chi connectivity index (χ1n) is 14.3. The molecular formula is C31H34ClN7O. The third-order valence-electron chi connectivity index (χ3n) is 9.03. The number of piperazine rings is 1. The Morgan fingerprint density at radius 3 is 2.85 bits per heavy atom. The average molecular weight is 556 g/mol. The molecule has 2 bridgehead atoms. The summed E-state index contributed by atoms with van der Waals surface area (Å²) in [4.78, 5) is 17.2. The first-order chi connectivity index (χ1) is 19.6. The monoisotopic (exact) mass is 555 g/mol. The lowest BCUT2D eigenvalue weighted by atomic mass is 10.0. The van der Waals surface area contributed by atoms with E-state index in [0.717, 1.165) is 78.4 Å². The molecular weight excluding hydrogens is 522 g/mol. The normalized spacial score (nSPS) is 25.4. The maximum atomic E-state index is 9.27. The van der Waals surface area contributed by atoms with Crippen molar-refractivity contribution in [2.75, 3.05) is 49.6 Å². The standard InChI is InChI=1S/C31H34ClN7O/c1-37-13-4-7-23(37)19-40-31-35-27-18-38(28-9-3-6-20-5-2-8-25(32)29(20)28)14-11-24(27)30(36-31)39-16-22-15-21(10-12-33)26(17-39)34-22/h2-3,5-6,8-10,22-23,26,34H,4,7,11,13-19H2,1H3/t22-,23+,26-/m1/s1. The summed E-state index contributed by atoms with van der Waals surface area (Å²) in [6.45, 7) is 4.89. The van der Waals surface area contributed by atoms with Crippen LogP contribution in [-0.4, -0.2) is 72.8 Å². The van der Waals surface area contributed by atoms with E-state index in [-0.39, 0.29) is 6.04 Å². The molecule has 5 heterocycles. The predicted octanol–water partition coefficient (Wildman–Crippen LogP) is 4.32. The largest absolute Gasteiger partial charge is 0.462 e. The van der Waals surface area contributed by atoms with Crippen molar-refractivity contribution in [3.63, 3.8) is 0 Å². The molecule has 206 valence electrons. The molecule has 0 saturated carbocycles. The number of fused-ring (bicyclic) bond motifs is 4. The van der Waals surface area contributed by atoms with Crippen LogP contribution in [0.5, 0.6) is 6.01 Å². The van der Waals surface area contributed by atoms with Gasteiger partial charge in [0, 0.05) is 60.5 Å². The minimum absolute atomic E-state index is 0.179. The van der Waals surface area contributed by atoms with Gasteiger partial charge in [0.2, 0.25) is 0 Å². The van der Waals surface area contributed by atoms with Crippen molar-refractivity contribution in [3.05, 3.63) is 64.3 Å². The van der Waals surface area contributed by atoms with E-state index in [0.29, 0.717) is 31.2 Å². The van der Waals surface area contributed by atoms with E-state index in [4.69, 9.17) is 26.3 Å². The lowest BCUT2D eigenvalue weighted by Crippen LogP contribution is -2.52. The van der Waals surface area contributed by atoms with Gasteiger partial charge in [-0.3, -0.25) is 0 Å². The van der Waals surface area contributed by atoms with Gasteiger partial charge in [-0.2, -0.15) is 15.2 Å². The minimum atomic E-state index is 0.179. The summed E-state index contributed by atoms with van der Waals surface area (Å²) in [6, 6.07) is 16.0. The van der Waals surface area contributed by atoms with Crippen LogP contribution in [0.3, 0.4) is 0 Å². The Hall–Kier alpha value is -3.38. The van der Waals surface area contributed by atoms with Crippen molar-refractivity contribution >= 4 is 33.9 Å². The first-order valence-corrected chi connectivity index (χ1v) is 14.7. The number of nitrogens with zero attached hydrogens (tertiary/aromatic N) is 6. The van der Waals surface area contributed by atoms with Crippen LogP contribution in [0, 0.1) is 11.3 Å². The number of allylic oxidation sites excluding steroid dienone is 1. The van der Waals surface area contributed by atoms with Gasteiger partial charge in [0.05, 0.1) is 23.3 Å². The molecule has 3 atom stereocenters. The van der Waals surface area contributed by atoms with E-state index in [1.807, 2.05) is 12.1 Å². The van der Waals surface area contributed by atoms with Crippen molar-refractivity contribution in [2.45, 2.75) is 50.4 Å². The molecule has 0 unspecified atom stereocenters. The predicted molar refractivity (Wildman–Crippen MR) is 158 cm³/mol. The summed E-state index contributed by atoms with van der Waals surface area (Å²) < 4.78 is 6.32. The number of halogens is 1. The van der Waals surface area contributed by atoms with Crippen LogP contribution < -0.4 is 19.9 Å². The van der Waals surface area contributed by atoms with E-state index in [1.54, 1.807) is 6.08 Å². The number of likely N-dealkylation sites (tertiary alicyclic amines) is 1. The second-order valence-electron chi connectivity index (χ2n) is 11.5. The molecule has 1 N–H and O–H groups in total. The number of likely N-dealkylation sites (N-methyl/N-ethyl adjacent to an activating group) is 1. The fourth-order valence-corrected chi connectivity index (χ4v) is 7.24. The number of anilines is 2. The Balaban J connectivity index is 1.23. The lowest BCUT2D eigenvalue weighted by Gasteiger charge is -2.37. The number of benzene rings is 2. The zero-order valence-corrected chi connectivity index (χ0v) is 23.6. The molecule has 3 saturated heterocycles. The SMILES string of the molecule is CN1CCC[C@H]1COc1nc2c(c(N3C[C@H]4CC(=CC#N)[C@@H](C3)N4)n1)CCN(c1cccc3cccc(Cl)c13)C2. The van der Waals surface area contributed by atoms with Gasteiger partial charge in [-0.15, -0.1) is 0 Å². The Morgan fingerprint density at radius 2 is 2.02 bits per heavy atom. The van der Waals surface area contributed by atoms with Gasteiger partial charge in [0.25, 0.3) is 0 Å². The molecule has 2 aromatic carbocycles. The molecule has 40 heavy (non-hydrogen) atoms. The van der Waals surface area contributed by atoms with Gasteiger partial charge in [0.15, 0.2) is 0 Å². The van der Waals surface area contributed by atoms with E-state index < -0.39 is 0 Å². The Labute approximate surface area is 240 Å². The smallest absolute Gasteiger partial charge is 0.318 e. The number of aromatic nitrogens is 2. The quantitative estimate of drug-likeness (QED) is 0.466. The van der Waals surface area contributed by atoms with Crippen LogP contribution in [0.1, 0.15) is 30.5 Å². The summed E-state index contributed by atoms with van der Waals surface area (Å²) in [5, 5.41) is 15.9. The highest BCUT2D eigenvalue weighted by Gasteiger charge is 2.38. The highest BCUT2D eigenvalue weighted by molar-refractivity contribution is 6.36. The number of nitrogens with one attached hydrogen (secondary N) is 1. The number of rotatable bonds is 5. The van der Waals surface area contributed by atoms with Gasteiger partial charge in [-0.25, -0.2) is 0 Å². The maximum absolute atomic E-state index is 9.27. The fourth-order valence-electron chi connectivity index (χ4n) is 6.96. The van der Waals surface area contributed by atoms with Crippen LogP contribution in [-0.2, 0) is 13.0 Å². The van der Waals surface area contributed by atoms with Gasteiger partial charge in [-0.1, -0.05) is 35.9 Å². The first kappa shape index (κ1) is 25.6. The lowest BCUT2D eigenvalue weighted by molar-refractivity contribution is 0.187. The van der Waals surface area contributed by atoms with Crippen LogP contribution in [0.4, 0.5) is 11.5 Å². The third-order valence-corrected chi connectivity index (χ3v) is 9.35. The second kappa shape index (κ2) is 10.5. The van der Waals surface area contributed by atoms with Crippen molar-refractivity contribution < 1.29 is 4.74 Å². The summed E-state index contributed by atoms with van der Waals surface area (Å²) in [7, 11) is 2.16. The van der Waals surface area contributed by atoms with Crippen LogP contribution in [0.15, 0.2) is 48.0 Å². The van der Waals surface area contributed by atoms with Gasteiger partial charge >= 0.3 is 6.01 Å². The molecule has 4 aliphatic heterocycles. The number of ether oxygens (including phenoxy) is 1. The average Bonchev–Trinajstić information content (AvgIpc) is 3.51. The molecule has 4 aliphatic rings. The number of nitriles is 1. The van der Waals surface area contributed by atoms with E-state index in [2.05, 4.69) is 57.4 Å². The Kier molecular flexibility index (Phi) is 6.74. The summed E-state index contributed by atoms with van der Waals surface area (Å²) >= 11 is 6.70. The van der Waals surface area contributed by atoms with Crippen molar-refractivity contribution in [1.29, 1.82) is 5.26 Å². The molecule has 0 amide bonds. The maximum Gasteiger partial charge on any atom is 0.318 e. The number of hydrogen-bond donors (Lipinski definition) is 1. The summed E-state index contributed by atoms with van der Waals surface area (Å²) in [5.74, 6) is 0.991. The molecule has 0 aliphatic carbocycles. The molecule has 8 nitrogen and oxygen atoms in total. The third kappa shape index (κ3) is 4.66. The summed E-state index contributed by atoms with van der Waals surface area (Å²) in [6.07, 6.45) is 5.81. The zero-order chi connectivity index (χ0) is 27.2. The minimum Gasteiger partial charge on any atom is -0.462 e. The van der Waals surface area contributed by atoms with Gasteiger partial charge < -0.3 is 24.8 Å². The van der Waals surface area contributed by atoms with Gasteiger partial charge in [0.1, 0.15) is 12.4 Å². The van der Waals surface area contributed by atoms with E-state index in [1.165, 1.54) is 17.6 Å².